The van der Waals surface area contributed by atoms with Crippen LogP contribution in [0.4, 0.5) is 0 Å². The summed E-state index contributed by atoms with van der Waals surface area (Å²) >= 11 is 12.6. The lowest BCUT2D eigenvalue weighted by Gasteiger charge is -2.34. The number of carbonyl (C=O) groups is 2. The second-order valence-electron chi connectivity index (χ2n) is 9.76. The van der Waals surface area contributed by atoms with Crippen molar-refractivity contribution < 1.29 is 14.3 Å². The summed E-state index contributed by atoms with van der Waals surface area (Å²) in [5, 5.41) is 4.19. The molecule has 0 aromatic heterocycles. The molecule has 3 aromatic carbocycles. The molecule has 0 aliphatic rings. The van der Waals surface area contributed by atoms with Crippen molar-refractivity contribution >= 4 is 35.0 Å². The lowest BCUT2D eigenvalue weighted by atomic mass is 10.0. The Morgan fingerprint density at radius 3 is 2.25 bits per heavy atom. The highest BCUT2D eigenvalue weighted by molar-refractivity contribution is 6.31. The fourth-order valence-corrected chi connectivity index (χ4v) is 4.07. The lowest BCUT2D eigenvalue weighted by molar-refractivity contribution is -0.143. The zero-order valence-corrected chi connectivity index (χ0v) is 22.6. The first kappa shape index (κ1) is 27.6. The van der Waals surface area contributed by atoms with Crippen molar-refractivity contribution in [3.8, 4) is 5.75 Å². The second kappa shape index (κ2) is 12.3. The molecule has 36 heavy (non-hydrogen) atoms. The fourth-order valence-electron chi connectivity index (χ4n) is 3.75. The molecular formula is C29H32Cl2N2O3. The molecule has 3 aromatic rings. The van der Waals surface area contributed by atoms with Crippen LogP contribution in [0.1, 0.15) is 37.5 Å². The Kier molecular flexibility index (Phi) is 9.41. The molecule has 0 aliphatic carbocycles. The molecule has 0 bridgehead atoms. The maximum Gasteiger partial charge on any atom is 0.261 e. The average Bonchev–Trinajstić information content (AvgIpc) is 2.82. The number of rotatable bonds is 9. The number of hydrogen-bond acceptors (Lipinski definition) is 3. The number of carbonyl (C=O) groups excluding carboxylic acids is 2. The van der Waals surface area contributed by atoms with E-state index in [1.807, 2.05) is 76.2 Å². The van der Waals surface area contributed by atoms with Crippen LogP contribution in [-0.4, -0.2) is 34.9 Å². The summed E-state index contributed by atoms with van der Waals surface area (Å²) in [7, 11) is 0. The van der Waals surface area contributed by atoms with E-state index in [1.54, 1.807) is 29.2 Å². The number of ether oxygens (including phenoxy) is 1. The van der Waals surface area contributed by atoms with Crippen molar-refractivity contribution in [3.63, 3.8) is 0 Å². The van der Waals surface area contributed by atoms with Gasteiger partial charge in [0.15, 0.2) is 6.61 Å². The van der Waals surface area contributed by atoms with Gasteiger partial charge in [0.25, 0.3) is 5.91 Å². The van der Waals surface area contributed by atoms with Crippen LogP contribution in [-0.2, 0) is 22.6 Å². The van der Waals surface area contributed by atoms with Crippen LogP contribution >= 0.6 is 23.2 Å². The average molecular weight is 527 g/mol. The molecule has 1 atom stereocenters. The first-order chi connectivity index (χ1) is 17.0. The molecular weight excluding hydrogens is 495 g/mol. The summed E-state index contributed by atoms with van der Waals surface area (Å²) in [4.78, 5) is 28.7. The van der Waals surface area contributed by atoms with Gasteiger partial charge in [-0.25, -0.2) is 0 Å². The van der Waals surface area contributed by atoms with Crippen molar-refractivity contribution in [2.45, 2.75) is 52.2 Å². The molecule has 0 saturated heterocycles. The molecule has 0 radical (unpaired) electrons. The van der Waals surface area contributed by atoms with Crippen LogP contribution in [0.15, 0.2) is 72.8 Å². The van der Waals surface area contributed by atoms with Crippen LogP contribution in [0.5, 0.6) is 5.75 Å². The van der Waals surface area contributed by atoms with Gasteiger partial charge in [-0.1, -0.05) is 71.7 Å². The van der Waals surface area contributed by atoms with Crippen molar-refractivity contribution in [2.75, 3.05) is 6.61 Å². The van der Waals surface area contributed by atoms with E-state index in [9.17, 15) is 9.59 Å². The Balaban J connectivity index is 1.94. The molecule has 0 aliphatic heterocycles. The first-order valence-electron chi connectivity index (χ1n) is 11.8. The second-order valence-corrected chi connectivity index (χ2v) is 10.6. The Morgan fingerprint density at radius 1 is 0.944 bits per heavy atom. The van der Waals surface area contributed by atoms with Gasteiger partial charge in [-0.3, -0.25) is 9.59 Å². The van der Waals surface area contributed by atoms with Crippen molar-refractivity contribution in [1.29, 1.82) is 0 Å². The number of amides is 2. The summed E-state index contributed by atoms with van der Waals surface area (Å²) in [6.45, 7) is 7.54. The molecule has 2 amide bonds. The topological polar surface area (TPSA) is 58.6 Å². The van der Waals surface area contributed by atoms with E-state index >= 15 is 0 Å². The van der Waals surface area contributed by atoms with Gasteiger partial charge in [0.05, 0.1) is 0 Å². The summed E-state index contributed by atoms with van der Waals surface area (Å²) < 4.78 is 5.82. The standard InChI is InChI=1S/C29H32Cl2N2O3/c1-20-16-23(14-15-24(20)30)36-19-27(34)33(18-22-12-8-9-13-25(22)31)26(28(35)32-29(2,3)4)17-21-10-6-5-7-11-21/h5-16,26H,17-19H2,1-4H3,(H,32,35)/t26-/m0/s1. The molecule has 1 N–H and O–H groups in total. The molecule has 0 spiro atoms. The lowest BCUT2D eigenvalue weighted by Crippen LogP contribution is -2.55. The Labute approximate surface area is 223 Å². The zero-order valence-electron chi connectivity index (χ0n) is 21.1. The molecule has 3 rings (SSSR count). The van der Waals surface area contributed by atoms with E-state index in [2.05, 4.69) is 5.32 Å². The molecule has 0 fully saturated rings. The highest BCUT2D eigenvalue weighted by Crippen LogP contribution is 2.23. The Hall–Kier alpha value is -3.02. The molecule has 7 heteroatoms. The van der Waals surface area contributed by atoms with Crippen molar-refractivity contribution in [3.05, 3.63) is 99.5 Å². The molecule has 5 nitrogen and oxygen atoms in total. The summed E-state index contributed by atoms with van der Waals surface area (Å²) in [6, 6.07) is 21.4. The van der Waals surface area contributed by atoms with Gasteiger partial charge >= 0.3 is 0 Å². The van der Waals surface area contributed by atoms with Crippen LogP contribution < -0.4 is 10.1 Å². The molecule has 0 unspecified atom stereocenters. The first-order valence-corrected chi connectivity index (χ1v) is 12.6. The maximum absolute atomic E-state index is 13.6. The minimum Gasteiger partial charge on any atom is -0.484 e. The monoisotopic (exact) mass is 526 g/mol. The number of hydrogen-bond donors (Lipinski definition) is 1. The minimum absolute atomic E-state index is 0.163. The Morgan fingerprint density at radius 2 is 1.61 bits per heavy atom. The van der Waals surface area contributed by atoms with Crippen molar-refractivity contribution in [2.24, 2.45) is 0 Å². The number of nitrogens with zero attached hydrogens (tertiary/aromatic N) is 1. The molecule has 0 saturated carbocycles. The fraction of sp³-hybridized carbons (Fsp3) is 0.310. The van der Waals surface area contributed by atoms with Gasteiger partial charge in [-0.05, 0) is 68.7 Å². The highest BCUT2D eigenvalue weighted by atomic mass is 35.5. The van der Waals surface area contributed by atoms with Crippen LogP contribution in [0.2, 0.25) is 10.0 Å². The van der Waals surface area contributed by atoms with E-state index in [-0.39, 0.29) is 25.0 Å². The number of benzene rings is 3. The third kappa shape index (κ3) is 8.00. The van der Waals surface area contributed by atoms with Crippen LogP contribution in [0.25, 0.3) is 0 Å². The quantitative estimate of drug-likeness (QED) is 0.359. The molecule has 190 valence electrons. The van der Waals surface area contributed by atoms with Crippen LogP contribution in [0, 0.1) is 6.92 Å². The van der Waals surface area contributed by atoms with Gasteiger partial charge in [0.1, 0.15) is 11.8 Å². The van der Waals surface area contributed by atoms with Gasteiger partial charge in [-0.2, -0.15) is 0 Å². The van der Waals surface area contributed by atoms with E-state index < -0.39 is 11.6 Å². The predicted octanol–water partition coefficient (Wildman–Crippen LogP) is 6.24. The summed E-state index contributed by atoms with van der Waals surface area (Å²) in [5.41, 5.74) is 2.07. The smallest absolute Gasteiger partial charge is 0.261 e. The van der Waals surface area contributed by atoms with Crippen LogP contribution in [0.3, 0.4) is 0 Å². The third-order valence-electron chi connectivity index (χ3n) is 5.56. The SMILES string of the molecule is Cc1cc(OCC(=O)N(Cc2ccccc2Cl)[C@@H](Cc2ccccc2)C(=O)NC(C)(C)C)ccc1Cl. The van der Waals surface area contributed by atoms with Gasteiger partial charge < -0.3 is 15.0 Å². The Bertz CT molecular complexity index is 1190. The highest BCUT2D eigenvalue weighted by Gasteiger charge is 2.32. The summed E-state index contributed by atoms with van der Waals surface area (Å²) in [5.74, 6) is -0.0386. The number of halogens is 2. The van der Waals surface area contributed by atoms with E-state index in [0.29, 0.717) is 22.2 Å². The number of nitrogens with one attached hydrogen (secondary N) is 1. The summed E-state index contributed by atoms with van der Waals surface area (Å²) in [6.07, 6.45) is 0.346. The van der Waals surface area contributed by atoms with Crippen molar-refractivity contribution in [1.82, 2.24) is 10.2 Å². The van der Waals surface area contributed by atoms with Gasteiger partial charge in [-0.15, -0.1) is 0 Å². The predicted molar refractivity (Wildman–Crippen MR) is 146 cm³/mol. The number of aryl methyl sites for hydroxylation is 1. The minimum atomic E-state index is -0.772. The third-order valence-corrected chi connectivity index (χ3v) is 6.35. The van der Waals surface area contributed by atoms with Gasteiger partial charge in [0.2, 0.25) is 5.91 Å². The van der Waals surface area contributed by atoms with E-state index in [0.717, 1.165) is 16.7 Å². The molecule has 0 heterocycles. The van der Waals surface area contributed by atoms with E-state index in [1.165, 1.54) is 0 Å². The zero-order chi connectivity index (χ0) is 26.3. The largest absolute Gasteiger partial charge is 0.484 e. The van der Waals surface area contributed by atoms with Gasteiger partial charge in [0, 0.05) is 28.5 Å². The van der Waals surface area contributed by atoms with E-state index in [4.69, 9.17) is 27.9 Å². The normalized spacial score (nSPS) is 12.1. The maximum atomic E-state index is 13.6.